The van der Waals surface area contributed by atoms with Crippen LogP contribution in [0.4, 0.5) is 0 Å². The highest BCUT2D eigenvalue weighted by Gasteiger charge is 2.44. The van der Waals surface area contributed by atoms with Gasteiger partial charge < -0.3 is 9.15 Å². The molecule has 1 aromatic carbocycles. The number of ether oxygens (including phenoxy) is 1. The second-order valence-electron chi connectivity index (χ2n) is 6.47. The molecule has 4 nitrogen and oxygen atoms in total. The van der Waals surface area contributed by atoms with Crippen LogP contribution in [0, 0.1) is 5.92 Å². The van der Waals surface area contributed by atoms with E-state index in [1.807, 2.05) is 24.5 Å². The van der Waals surface area contributed by atoms with Gasteiger partial charge >= 0.3 is 0 Å². The van der Waals surface area contributed by atoms with Crippen LogP contribution in [0.15, 0.2) is 34.9 Å². The van der Waals surface area contributed by atoms with E-state index in [0.29, 0.717) is 5.92 Å². The van der Waals surface area contributed by atoms with Crippen LogP contribution in [0.25, 0.3) is 11.0 Å². The topological polar surface area (TPSA) is 60.4 Å². The molecule has 1 aromatic heterocycles. The molecule has 3 N–H and O–H groups in total. The van der Waals surface area contributed by atoms with Gasteiger partial charge in [0.25, 0.3) is 0 Å². The molecule has 21 heavy (non-hydrogen) atoms. The predicted octanol–water partition coefficient (Wildman–Crippen LogP) is 3.29. The molecule has 4 heteroatoms. The maximum Gasteiger partial charge on any atom is 0.134 e. The normalized spacial score (nSPS) is 25.9. The second kappa shape index (κ2) is 5.13. The number of hydrogen-bond acceptors (Lipinski definition) is 4. The summed E-state index contributed by atoms with van der Waals surface area (Å²) in [5.41, 5.74) is 5.28. The number of para-hydroxylation sites is 1. The van der Waals surface area contributed by atoms with Crippen molar-refractivity contribution in [3.05, 3.63) is 36.1 Å². The van der Waals surface area contributed by atoms with Crippen LogP contribution in [-0.4, -0.2) is 12.2 Å². The lowest BCUT2D eigenvalue weighted by Crippen LogP contribution is -2.48. The zero-order valence-corrected chi connectivity index (χ0v) is 12.2. The summed E-state index contributed by atoms with van der Waals surface area (Å²) in [6.07, 6.45) is 7.71. The average Bonchev–Trinajstić information content (AvgIpc) is 2.91. The molecule has 1 spiro atoms. The third-order valence-electron chi connectivity index (χ3n) is 5.29. The highest BCUT2D eigenvalue weighted by atomic mass is 16.5. The van der Waals surface area contributed by atoms with Gasteiger partial charge in [0.1, 0.15) is 5.58 Å². The second-order valence-corrected chi connectivity index (χ2v) is 6.47. The van der Waals surface area contributed by atoms with E-state index in [-0.39, 0.29) is 11.6 Å². The third-order valence-corrected chi connectivity index (χ3v) is 5.29. The molecule has 2 unspecified atom stereocenters. The Morgan fingerprint density at radius 2 is 2.14 bits per heavy atom. The predicted molar refractivity (Wildman–Crippen MR) is 81.5 cm³/mol. The van der Waals surface area contributed by atoms with Gasteiger partial charge in [0.2, 0.25) is 0 Å². The highest BCUT2D eigenvalue weighted by Crippen LogP contribution is 2.47. The Morgan fingerprint density at radius 3 is 2.90 bits per heavy atom. The van der Waals surface area contributed by atoms with E-state index in [2.05, 4.69) is 11.5 Å². The molecule has 4 rings (SSSR count). The minimum Gasteiger partial charge on any atom is -0.464 e. The SMILES string of the molecule is NNC(c1coc2ccccc12)C1CCOC2(CCC2)C1. The molecule has 1 saturated heterocycles. The number of rotatable bonds is 3. The van der Waals surface area contributed by atoms with Gasteiger partial charge in [-0.2, -0.15) is 0 Å². The van der Waals surface area contributed by atoms with Gasteiger partial charge in [-0.15, -0.1) is 0 Å². The summed E-state index contributed by atoms with van der Waals surface area (Å²) in [6.45, 7) is 0.846. The molecule has 2 fully saturated rings. The summed E-state index contributed by atoms with van der Waals surface area (Å²) >= 11 is 0. The molecule has 0 radical (unpaired) electrons. The third kappa shape index (κ3) is 2.18. The minimum atomic E-state index is 0.134. The molecule has 1 aliphatic heterocycles. The van der Waals surface area contributed by atoms with Crippen molar-refractivity contribution in [1.29, 1.82) is 0 Å². The molecule has 2 aromatic rings. The van der Waals surface area contributed by atoms with E-state index < -0.39 is 0 Å². The fourth-order valence-electron chi connectivity index (χ4n) is 3.99. The zero-order valence-electron chi connectivity index (χ0n) is 12.2. The lowest BCUT2D eigenvalue weighted by atomic mass is 9.70. The summed E-state index contributed by atoms with van der Waals surface area (Å²) in [7, 11) is 0. The van der Waals surface area contributed by atoms with Crippen molar-refractivity contribution in [3.8, 4) is 0 Å². The fourth-order valence-corrected chi connectivity index (χ4v) is 3.99. The summed E-state index contributed by atoms with van der Waals surface area (Å²) in [5.74, 6) is 6.41. The van der Waals surface area contributed by atoms with E-state index in [4.69, 9.17) is 15.0 Å². The van der Waals surface area contributed by atoms with E-state index >= 15 is 0 Å². The molecular weight excluding hydrogens is 264 g/mol. The fraction of sp³-hybridized carbons (Fsp3) is 0.529. The van der Waals surface area contributed by atoms with E-state index in [0.717, 1.165) is 30.4 Å². The smallest absolute Gasteiger partial charge is 0.134 e. The molecule has 0 amide bonds. The molecule has 1 saturated carbocycles. The van der Waals surface area contributed by atoms with Crippen LogP contribution >= 0.6 is 0 Å². The van der Waals surface area contributed by atoms with Gasteiger partial charge in [-0.25, -0.2) is 0 Å². The molecule has 2 atom stereocenters. The van der Waals surface area contributed by atoms with Crippen molar-refractivity contribution < 1.29 is 9.15 Å². The Bertz CT molecular complexity index is 633. The molecule has 1 aliphatic carbocycles. The number of fused-ring (bicyclic) bond motifs is 1. The van der Waals surface area contributed by atoms with Crippen molar-refractivity contribution in [2.75, 3.05) is 6.61 Å². The monoisotopic (exact) mass is 286 g/mol. The Balaban J connectivity index is 1.64. The molecular formula is C17H22N2O2. The van der Waals surface area contributed by atoms with E-state index in [9.17, 15) is 0 Å². The summed E-state index contributed by atoms with van der Waals surface area (Å²) in [6, 6.07) is 8.29. The van der Waals surface area contributed by atoms with Crippen molar-refractivity contribution in [2.45, 2.75) is 43.7 Å². The van der Waals surface area contributed by atoms with Crippen LogP contribution < -0.4 is 11.3 Å². The Labute approximate surface area is 124 Å². The van der Waals surface area contributed by atoms with Gasteiger partial charge in [-0.1, -0.05) is 18.2 Å². The molecule has 2 aliphatic rings. The lowest BCUT2D eigenvalue weighted by molar-refractivity contribution is -0.147. The Kier molecular flexibility index (Phi) is 3.25. The first-order valence-corrected chi connectivity index (χ1v) is 7.88. The van der Waals surface area contributed by atoms with Crippen LogP contribution in [0.1, 0.15) is 43.7 Å². The van der Waals surface area contributed by atoms with Crippen molar-refractivity contribution >= 4 is 11.0 Å². The first-order valence-electron chi connectivity index (χ1n) is 7.88. The minimum absolute atomic E-state index is 0.134. The maximum absolute atomic E-state index is 6.04. The van der Waals surface area contributed by atoms with E-state index in [1.54, 1.807) is 0 Å². The average molecular weight is 286 g/mol. The standard InChI is InChI=1S/C17H22N2O2/c18-19-16(12-6-9-21-17(10-12)7-3-8-17)14-11-20-15-5-2-1-4-13(14)15/h1-2,4-5,11-12,16,19H,3,6-10,18H2. The summed E-state index contributed by atoms with van der Waals surface area (Å²) in [4.78, 5) is 0. The lowest BCUT2D eigenvalue weighted by Gasteiger charge is -2.48. The first kappa shape index (κ1) is 13.3. The highest BCUT2D eigenvalue weighted by molar-refractivity contribution is 5.81. The Hall–Kier alpha value is -1.36. The van der Waals surface area contributed by atoms with Gasteiger partial charge in [-0.05, 0) is 44.1 Å². The van der Waals surface area contributed by atoms with Gasteiger partial charge in [0.05, 0.1) is 17.9 Å². The number of benzene rings is 1. The van der Waals surface area contributed by atoms with Gasteiger partial charge in [0, 0.05) is 17.6 Å². The largest absolute Gasteiger partial charge is 0.464 e. The van der Waals surface area contributed by atoms with Crippen LogP contribution in [0.5, 0.6) is 0 Å². The number of nitrogens with one attached hydrogen (secondary N) is 1. The van der Waals surface area contributed by atoms with E-state index in [1.165, 1.54) is 24.8 Å². The molecule has 0 bridgehead atoms. The first-order chi connectivity index (χ1) is 10.3. The summed E-state index contributed by atoms with van der Waals surface area (Å²) < 4.78 is 11.7. The van der Waals surface area contributed by atoms with Crippen molar-refractivity contribution in [2.24, 2.45) is 11.8 Å². The van der Waals surface area contributed by atoms with Crippen LogP contribution in [0.2, 0.25) is 0 Å². The number of nitrogens with two attached hydrogens (primary N) is 1. The zero-order chi connectivity index (χ0) is 14.3. The van der Waals surface area contributed by atoms with Crippen molar-refractivity contribution in [1.82, 2.24) is 5.43 Å². The Morgan fingerprint density at radius 1 is 1.29 bits per heavy atom. The molecule has 2 heterocycles. The number of furan rings is 1. The van der Waals surface area contributed by atoms with Gasteiger partial charge in [-0.3, -0.25) is 11.3 Å². The maximum atomic E-state index is 6.04. The van der Waals surface area contributed by atoms with Crippen LogP contribution in [0.3, 0.4) is 0 Å². The van der Waals surface area contributed by atoms with Crippen molar-refractivity contribution in [3.63, 3.8) is 0 Å². The summed E-state index contributed by atoms with van der Waals surface area (Å²) in [5, 5.41) is 1.16. The van der Waals surface area contributed by atoms with Gasteiger partial charge in [0.15, 0.2) is 0 Å². The molecule has 112 valence electrons. The number of hydrazine groups is 1. The van der Waals surface area contributed by atoms with Crippen LogP contribution in [-0.2, 0) is 4.74 Å². The number of hydrogen-bond donors (Lipinski definition) is 2. The quantitative estimate of drug-likeness (QED) is 0.671.